The first-order valence-corrected chi connectivity index (χ1v) is 4.00. The second-order valence-corrected chi connectivity index (χ2v) is 3.48. The Morgan fingerprint density at radius 1 is 1.78 bits per heavy atom. The summed E-state index contributed by atoms with van der Waals surface area (Å²) in [5.41, 5.74) is 0.794. The molecule has 9 heavy (non-hydrogen) atoms. The van der Waals surface area contributed by atoms with Gasteiger partial charge in [-0.05, 0) is 12.5 Å². The zero-order valence-electron chi connectivity index (χ0n) is 4.84. The van der Waals surface area contributed by atoms with E-state index in [1.54, 1.807) is 0 Å². The quantitative estimate of drug-likeness (QED) is 0.463. The van der Waals surface area contributed by atoms with Gasteiger partial charge in [0.05, 0.1) is 6.07 Å². The third-order valence-electron chi connectivity index (χ3n) is 1.18. The molecule has 0 aromatic heterocycles. The second kappa shape index (κ2) is 3.02. The van der Waals surface area contributed by atoms with E-state index in [0.717, 1.165) is 12.0 Å². The number of halogens is 1. The van der Waals surface area contributed by atoms with Crippen LogP contribution in [0.25, 0.3) is 0 Å². The highest BCUT2D eigenvalue weighted by molar-refractivity contribution is 14.1. The van der Waals surface area contributed by atoms with Crippen LogP contribution in [0.15, 0.2) is 23.8 Å². The first kappa shape index (κ1) is 6.81. The van der Waals surface area contributed by atoms with Crippen LogP contribution >= 0.6 is 22.6 Å². The summed E-state index contributed by atoms with van der Waals surface area (Å²) in [4.78, 5) is 0. The average Bonchev–Trinajstić information content (AvgIpc) is 1.90. The molecule has 1 atom stereocenters. The van der Waals surface area contributed by atoms with Crippen LogP contribution in [0.4, 0.5) is 0 Å². The first-order chi connectivity index (χ1) is 4.33. The molecule has 0 heterocycles. The predicted octanol–water partition coefficient (Wildman–Crippen LogP) is 2.20. The number of alkyl halides is 1. The van der Waals surface area contributed by atoms with E-state index in [4.69, 9.17) is 5.26 Å². The van der Waals surface area contributed by atoms with Crippen LogP contribution in [0.2, 0.25) is 0 Å². The zero-order chi connectivity index (χ0) is 6.69. The Morgan fingerprint density at radius 2 is 2.56 bits per heavy atom. The van der Waals surface area contributed by atoms with Crippen molar-refractivity contribution >= 4 is 22.6 Å². The van der Waals surface area contributed by atoms with Crippen LogP contribution in [0.5, 0.6) is 0 Å². The van der Waals surface area contributed by atoms with Crippen molar-refractivity contribution in [3.63, 3.8) is 0 Å². The van der Waals surface area contributed by atoms with Gasteiger partial charge in [-0.3, -0.25) is 0 Å². The van der Waals surface area contributed by atoms with Gasteiger partial charge in [0.25, 0.3) is 0 Å². The van der Waals surface area contributed by atoms with Crippen molar-refractivity contribution < 1.29 is 0 Å². The van der Waals surface area contributed by atoms with E-state index in [1.165, 1.54) is 0 Å². The summed E-state index contributed by atoms with van der Waals surface area (Å²) in [5.74, 6) is 0. The summed E-state index contributed by atoms with van der Waals surface area (Å²) in [6.45, 7) is 0. The van der Waals surface area contributed by atoms with Crippen molar-refractivity contribution in [2.45, 2.75) is 10.3 Å². The molecule has 0 spiro atoms. The molecule has 1 aliphatic carbocycles. The largest absolute Gasteiger partial charge is 0.192 e. The van der Waals surface area contributed by atoms with Crippen LogP contribution in [0.1, 0.15) is 6.42 Å². The maximum Gasteiger partial charge on any atom is 0.0988 e. The van der Waals surface area contributed by atoms with Crippen LogP contribution < -0.4 is 0 Å². The highest BCUT2D eigenvalue weighted by Crippen LogP contribution is 2.16. The molecule has 1 nitrogen and oxygen atoms in total. The molecule has 0 bridgehead atoms. The number of hydrogen-bond acceptors (Lipinski definition) is 1. The van der Waals surface area contributed by atoms with Gasteiger partial charge in [0.1, 0.15) is 0 Å². The fourth-order valence-corrected chi connectivity index (χ4v) is 1.14. The van der Waals surface area contributed by atoms with E-state index >= 15 is 0 Å². The lowest BCUT2D eigenvalue weighted by Crippen LogP contribution is -1.94. The molecule has 1 aliphatic rings. The molecule has 0 N–H and O–H groups in total. The van der Waals surface area contributed by atoms with E-state index in [-0.39, 0.29) is 0 Å². The van der Waals surface area contributed by atoms with Gasteiger partial charge in [-0.2, -0.15) is 5.26 Å². The van der Waals surface area contributed by atoms with E-state index in [1.807, 2.05) is 12.2 Å². The van der Waals surface area contributed by atoms with Gasteiger partial charge in [0, 0.05) is 9.50 Å². The standard InChI is InChI=1S/C7H6IN/c8-7-3-1-6(5-9)2-4-7/h1-3,7H,4H2. The minimum Gasteiger partial charge on any atom is -0.192 e. The number of nitriles is 1. The third-order valence-corrected chi connectivity index (χ3v) is 2.10. The molecular weight excluding hydrogens is 225 g/mol. The smallest absolute Gasteiger partial charge is 0.0988 e. The third kappa shape index (κ3) is 1.83. The monoisotopic (exact) mass is 231 g/mol. The van der Waals surface area contributed by atoms with Gasteiger partial charge in [-0.25, -0.2) is 0 Å². The van der Waals surface area contributed by atoms with Gasteiger partial charge in [0.15, 0.2) is 0 Å². The summed E-state index contributed by atoms with van der Waals surface area (Å²) in [6, 6.07) is 2.10. The zero-order valence-corrected chi connectivity index (χ0v) is 7.00. The normalized spacial score (nSPS) is 24.9. The molecule has 0 aromatic carbocycles. The molecule has 0 aliphatic heterocycles. The summed E-state index contributed by atoms with van der Waals surface area (Å²) >= 11 is 2.34. The average molecular weight is 231 g/mol. The molecule has 0 saturated carbocycles. The SMILES string of the molecule is N#CC1=CCC(I)C=C1. The van der Waals surface area contributed by atoms with Gasteiger partial charge in [-0.15, -0.1) is 0 Å². The molecule has 0 aromatic rings. The number of allylic oxidation sites excluding steroid dienone is 4. The minimum absolute atomic E-state index is 0.583. The van der Waals surface area contributed by atoms with E-state index in [9.17, 15) is 0 Å². The summed E-state index contributed by atoms with van der Waals surface area (Å²) in [6.07, 6.45) is 6.90. The number of hydrogen-bond donors (Lipinski definition) is 0. The molecular formula is C7H6IN. The van der Waals surface area contributed by atoms with Gasteiger partial charge in [-0.1, -0.05) is 34.7 Å². The topological polar surface area (TPSA) is 23.8 Å². The minimum atomic E-state index is 0.583. The summed E-state index contributed by atoms with van der Waals surface area (Å²) < 4.78 is 0.583. The maximum atomic E-state index is 8.41. The van der Waals surface area contributed by atoms with Crippen molar-refractivity contribution in [1.82, 2.24) is 0 Å². The second-order valence-electron chi connectivity index (χ2n) is 1.88. The van der Waals surface area contributed by atoms with Crippen molar-refractivity contribution in [2.75, 3.05) is 0 Å². The van der Waals surface area contributed by atoms with Gasteiger partial charge < -0.3 is 0 Å². The van der Waals surface area contributed by atoms with E-state index < -0.39 is 0 Å². The highest BCUT2D eigenvalue weighted by Gasteiger charge is 2.02. The predicted molar refractivity (Wildman–Crippen MR) is 45.3 cm³/mol. The summed E-state index contributed by atoms with van der Waals surface area (Å²) in [5, 5.41) is 8.41. The lowest BCUT2D eigenvalue weighted by molar-refractivity contribution is 1.08. The molecule has 1 unspecified atom stereocenters. The summed E-state index contributed by atoms with van der Waals surface area (Å²) in [7, 11) is 0. The fraction of sp³-hybridized carbons (Fsp3) is 0.286. The molecule has 2 heteroatoms. The number of nitrogens with zero attached hydrogens (tertiary/aromatic N) is 1. The highest BCUT2D eigenvalue weighted by atomic mass is 127. The fourth-order valence-electron chi connectivity index (χ4n) is 0.677. The lowest BCUT2D eigenvalue weighted by Gasteiger charge is -2.03. The van der Waals surface area contributed by atoms with Crippen molar-refractivity contribution in [2.24, 2.45) is 0 Å². The molecule has 0 fully saturated rings. The van der Waals surface area contributed by atoms with Crippen LogP contribution in [-0.2, 0) is 0 Å². The Hall–Kier alpha value is -0.300. The Bertz CT molecular complexity index is 197. The van der Waals surface area contributed by atoms with Crippen LogP contribution in [0.3, 0.4) is 0 Å². The van der Waals surface area contributed by atoms with Gasteiger partial charge >= 0.3 is 0 Å². The maximum absolute atomic E-state index is 8.41. The molecule has 0 amide bonds. The van der Waals surface area contributed by atoms with E-state index in [0.29, 0.717) is 3.92 Å². The van der Waals surface area contributed by atoms with E-state index in [2.05, 4.69) is 34.7 Å². The van der Waals surface area contributed by atoms with Crippen molar-refractivity contribution in [3.8, 4) is 6.07 Å². The van der Waals surface area contributed by atoms with Crippen molar-refractivity contribution in [1.29, 1.82) is 5.26 Å². The molecule has 1 rings (SSSR count). The first-order valence-electron chi connectivity index (χ1n) is 2.75. The molecule has 0 radical (unpaired) electrons. The van der Waals surface area contributed by atoms with Crippen LogP contribution in [-0.4, -0.2) is 3.92 Å². The Morgan fingerprint density at radius 3 is 3.00 bits per heavy atom. The number of rotatable bonds is 0. The Kier molecular flexibility index (Phi) is 2.29. The van der Waals surface area contributed by atoms with Gasteiger partial charge in [0.2, 0.25) is 0 Å². The lowest BCUT2D eigenvalue weighted by atomic mass is 10.1. The Labute approximate surface area is 68.2 Å². The Balaban J connectivity index is 2.66. The molecule has 0 saturated heterocycles. The molecule has 46 valence electrons. The van der Waals surface area contributed by atoms with Crippen molar-refractivity contribution in [3.05, 3.63) is 23.8 Å². The van der Waals surface area contributed by atoms with Crippen LogP contribution in [0, 0.1) is 11.3 Å².